The first-order chi connectivity index (χ1) is 9.11. The van der Waals surface area contributed by atoms with Gasteiger partial charge in [0.2, 0.25) is 0 Å². The zero-order chi connectivity index (χ0) is 14.8. The van der Waals surface area contributed by atoms with Crippen molar-refractivity contribution in [1.82, 2.24) is 0 Å². The minimum Gasteiger partial charge on any atom is -0.400 e. The van der Waals surface area contributed by atoms with Crippen molar-refractivity contribution in [3.05, 3.63) is 11.5 Å². The summed E-state index contributed by atoms with van der Waals surface area (Å²) in [6, 6.07) is 0. The maximum atomic E-state index is 6.15. The molecule has 0 saturated carbocycles. The maximum absolute atomic E-state index is 6.15. The fourth-order valence-electron chi connectivity index (χ4n) is 3.07. The topological polar surface area (TPSA) is 36.9 Å². The maximum Gasteiger partial charge on any atom is 0.492 e. The van der Waals surface area contributed by atoms with Gasteiger partial charge in [-0.15, -0.1) is 0 Å². The van der Waals surface area contributed by atoms with Crippen LogP contribution >= 0.6 is 0 Å². The van der Waals surface area contributed by atoms with Gasteiger partial charge in [0.15, 0.2) is 5.79 Å². The number of ether oxygens (including phenoxy) is 2. The standard InChI is InChI=1S/C15H25BO4/c1-13(2)14(3,4)20-16(19-13)10-8-7-9-11-12(10)18-15(5,6)17-11/h8,11-12H,7,9H2,1-6H3/t11-,12+/m0/s1. The van der Waals surface area contributed by atoms with E-state index in [2.05, 4.69) is 33.8 Å². The monoisotopic (exact) mass is 280 g/mol. The smallest absolute Gasteiger partial charge is 0.400 e. The Balaban J connectivity index is 1.83. The molecule has 112 valence electrons. The van der Waals surface area contributed by atoms with Gasteiger partial charge in [0.05, 0.1) is 17.3 Å². The molecule has 0 aromatic carbocycles. The van der Waals surface area contributed by atoms with Crippen molar-refractivity contribution in [2.24, 2.45) is 0 Å². The summed E-state index contributed by atoms with van der Waals surface area (Å²) in [6.45, 7) is 12.2. The molecule has 0 N–H and O–H groups in total. The van der Waals surface area contributed by atoms with Crippen LogP contribution < -0.4 is 0 Å². The second kappa shape index (κ2) is 4.32. The van der Waals surface area contributed by atoms with Gasteiger partial charge in [-0.25, -0.2) is 0 Å². The highest BCUT2D eigenvalue weighted by atomic mass is 16.8. The number of hydrogen-bond acceptors (Lipinski definition) is 4. The van der Waals surface area contributed by atoms with Gasteiger partial charge in [-0.2, -0.15) is 0 Å². The number of rotatable bonds is 1. The van der Waals surface area contributed by atoms with Gasteiger partial charge in [-0.05, 0) is 59.9 Å². The Bertz CT molecular complexity index is 425. The van der Waals surface area contributed by atoms with Crippen LogP contribution in [0.2, 0.25) is 0 Å². The van der Waals surface area contributed by atoms with Crippen molar-refractivity contribution in [1.29, 1.82) is 0 Å². The molecule has 20 heavy (non-hydrogen) atoms. The molecule has 5 heteroatoms. The van der Waals surface area contributed by atoms with E-state index in [1.807, 2.05) is 13.8 Å². The lowest BCUT2D eigenvalue weighted by Crippen LogP contribution is -2.41. The molecular formula is C15H25BO4. The molecule has 0 aromatic rings. The summed E-state index contributed by atoms with van der Waals surface area (Å²) in [5, 5.41) is 0. The Kier molecular flexibility index (Phi) is 3.15. The minimum absolute atomic E-state index is 0.0477. The van der Waals surface area contributed by atoms with Gasteiger partial charge < -0.3 is 18.8 Å². The third-order valence-corrected chi connectivity index (χ3v) is 4.87. The molecule has 0 bridgehead atoms. The van der Waals surface area contributed by atoms with E-state index in [0.29, 0.717) is 0 Å². The van der Waals surface area contributed by atoms with E-state index in [0.717, 1.165) is 18.3 Å². The molecule has 0 aromatic heterocycles. The zero-order valence-corrected chi connectivity index (χ0v) is 13.4. The Labute approximate surface area is 121 Å². The lowest BCUT2D eigenvalue weighted by molar-refractivity contribution is -0.143. The minimum atomic E-state index is -0.525. The van der Waals surface area contributed by atoms with Crippen LogP contribution in [0.1, 0.15) is 54.4 Å². The first kappa shape index (κ1) is 14.6. The first-order valence-electron chi connectivity index (χ1n) is 7.53. The normalized spacial score (nSPS) is 37.7. The average Bonchev–Trinajstić information content (AvgIpc) is 2.70. The van der Waals surface area contributed by atoms with E-state index < -0.39 is 5.79 Å². The molecule has 2 aliphatic heterocycles. The number of hydrogen-bond donors (Lipinski definition) is 0. The van der Waals surface area contributed by atoms with E-state index in [4.69, 9.17) is 18.8 Å². The van der Waals surface area contributed by atoms with Crippen LogP contribution in [-0.4, -0.2) is 36.3 Å². The average molecular weight is 280 g/mol. The predicted molar refractivity (Wildman–Crippen MR) is 77.2 cm³/mol. The van der Waals surface area contributed by atoms with Gasteiger partial charge in [-0.1, -0.05) is 6.08 Å². The summed E-state index contributed by atoms with van der Waals surface area (Å²) >= 11 is 0. The third-order valence-electron chi connectivity index (χ3n) is 4.87. The van der Waals surface area contributed by atoms with Crippen LogP contribution in [0.15, 0.2) is 11.5 Å². The van der Waals surface area contributed by atoms with E-state index >= 15 is 0 Å². The number of fused-ring (bicyclic) bond motifs is 1. The van der Waals surface area contributed by atoms with Crippen LogP contribution in [-0.2, 0) is 18.8 Å². The second-order valence-corrected chi connectivity index (χ2v) is 7.46. The molecule has 3 rings (SSSR count). The van der Waals surface area contributed by atoms with Gasteiger partial charge >= 0.3 is 7.12 Å². The largest absolute Gasteiger partial charge is 0.492 e. The quantitative estimate of drug-likeness (QED) is 0.692. The Morgan fingerprint density at radius 1 is 1.00 bits per heavy atom. The summed E-state index contributed by atoms with van der Waals surface area (Å²) in [7, 11) is -0.328. The first-order valence-corrected chi connectivity index (χ1v) is 7.53. The van der Waals surface area contributed by atoms with Gasteiger partial charge in [0.1, 0.15) is 6.10 Å². The van der Waals surface area contributed by atoms with Crippen LogP contribution in [0.5, 0.6) is 0 Å². The van der Waals surface area contributed by atoms with E-state index in [9.17, 15) is 0 Å². The van der Waals surface area contributed by atoms with Gasteiger partial charge in [0.25, 0.3) is 0 Å². The highest BCUT2D eigenvalue weighted by Gasteiger charge is 2.56. The van der Waals surface area contributed by atoms with Crippen molar-refractivity contribution in [2.75, 3.05) is 0 Å². The summed E-state index contributed by atoms with van der Waals surface area (Å²) in [6.07, 6.45) is 4.25. The fourth-order valence-corrected chi connectivity index (χ4v) is 3.07. The molecule has 4 nitrogen and oxygen atoms in total. The molecule has 0 spiro atoms. The van der Waals surface area contributed by atoms with Gasteiger partial charge in [0, 0.05) is 0 Å². The molecular weight excluding hydrogens is 255 g/mol. The van der Waals surface area contributed by atoms with Crippen molar-refractivity contribution in [2.45, 2.75) is 83.6 Å². The summed E-state index contributed by atoms with van der Waals surface area (Å²) < 4.78 is 24.3. The van der Waals surface area contributed by atoms with Crippen LogP contribution in [0.25, 0.3) is 0 Å². The zero-order valence-electron chi connectivity index (χ0n) is 13.4. The highest BCUT2D eigenvalue weighted by Crippen LogP contribution is 2.44. The molecule has 0 radical (unpaired) electrons. The molecule has 1 aliphatic carbocycles. The van der Waals surface area contributed by atoms with E-state index in [1.54, 1.807) is 0 Å². The molecule has 0 unspecified atom stereocenters. The summed E-state index contributed by atoms with van der Waals surface area (Å²) in [4.78, 5) is 0. The Hall–Kier alpha value is -0.355. The van der Waals surface area contributed by atoms with Crippen LogP contribution in [0.4, 0.5) is 0 Å². The van der Waals surface area contributed by atoms with Crippen molar-refractivity contribution >= 4 is 7.12 Å². The fraction of sp³-hybridized carbons (Fsp3) is 0.867. The lowest BCUT2D eigenvalue weighted by atomic mass is 9.70. The summed E-state index contributed by atoms with van der Waals surface area (Å²) in [5.41, 5.74) is 0.450. The van der Waals surface area contributed by atoms with Crippen molar-refractivity contribution < 1.29 is 18.8 Å². The van der Waals surface area contributed by atoms with Crippen molar-refractivity contribution in [3.8, 4) is 0 Å². The molecule has 2 heterocycles. The number of allylic oxidation sites excluding steroid dienone is 1. The lowest BCUT2D eigenvalue weighted by Gasteiger charge is -2.32. The van der Waals surface area contributed by atoms with Gasteiger partial charge in [-0.3, -0.25) is 0 Å². The summed E-state index contributed by atoms with van der Waals surface area (Å²) in [5.74, 6) is -0.525. The molecule has 0 amide bonds. The highest BCUT2D eigenvalue weighted by molar-refractivity contribution is 6.55. The van der Waals surface area contributed by atoms with Crippen LogP contribution in [0.3, 0.4) is 0 Å². The molecule has 2 saturated heterocycles. The third kappa shape index (κ3) is 2.25. The molecule has 3 aliphatic rings. The van der Waals surface area contributed by atoms with E-state index in [1.165, 1.54) is 0 Å². The predicted octanol–water partition coefficient (Wildman–Crippen LogP) is 2.86. The van der Waals surface area contributed by atoms with Crippen molar-refractivity contribution in [3.63, 3.8) is 0 Å². The Morgan fingerprint density at radius 3 is 2.20 bits per heavy atom. The molecule has 2 atom stereocenters. The van der Waals surface area contributed by atoms with Crippen LogP contribution in [0, 0.1) is 0 Å². The van der Waals surface area contributed by atoms with E-state index in [-0.39, 0.29) is 30.5 Å². The SMILES string of the molecule is CC1(C)O[C@H]2CCC=C(B3OC(C)(C)C(C)(C)O3)[C@H]2O1. The second-order valence-electron chi connectivity index (χ2n) is 7.46. The Morgan fingerprint density at radius 2 is 1.60 bits per heavy atom. The molecule has 2 fully saturated rings.